The molecule has 0 radical (unpaired) electrons. The van der Waals surface area contributed by atoms with E-state index in [9.17, 15) is 9.59 Å². The number of amides is 1. The maximum atomic E-state index is 12.8. The summed E-state index contributed by atoms with van der Waals surface area (Å²) >= 11 is 0. The molecule has 0 aliphatic carbocycles. The number of fused-ring (bicyclic) bond motifs is 1. The zero-order valence-electron chi connectivity index (χ0n) is 17.4. The molecule has 158 valence electrons. The molecule has 1 amide bonds. The van der Waals surface area contributed by atoms with Gasteiger partial charge in [0.05, 0.1) is 12.1 Å². The van der Waals surface area contributed by atoms with E-state index in [1.807, 2.05) is 51.2 Å². The second kappa shape index (κ2) is 8.97. The minimum Gasteiger partial charge on any atom is -0.458 e. The Kier molecular flexibility index (Phi) is 6.59. The topological polar surface area (TPSA) is 97.7 Å². The number of benzene rings is 1. The lowest BCUT2D eigenvalue weighted by atomic mass is 10.0. The van der Waals surface area contributed by atoms with Crippen LogP contribution < -0.4 is 5.73 Å². The number of hydrogen-bond acceptors (Lipinski definition) is 5. The maximum Gasteiger partial charge on any atom is 0.332 e. The van der Waals surface area contributed by atoms with Gasteiger partial charge < -0.3 is 25.1 Å². The molecule has 1 aliphatic rings. The standard InChI is InChI=1S/C22H31N3O4/c1-22(2,3)29-20(26)14-28-16-8-10-25(11-9-16)21(27)18(23)12-15-13-24-19-7-5-4-6-17(15)19/h4-7,13,16,18,24H,8-12,14,23H2,1-3H3/t18-/m0/s1. The first kappa shape index (κ1) is 21.3. The van der Waals surface area contributed by atoms with Crippen molar-refractivity contribution in [3.63, 3.8) is 0 Å². The Morgan fingerprint density at radius 3 is 2.62 bits per heavy atom. The highest BCUT2D eigenvalue weighted by Crippen LogP contribution is 2.20. The summed E-state index contributed by atoms with van der Waals surface area (Å²) in [4.78, 5) is 29.6. The number of H-pyrrole nitrogens is 1. The van der Waals surface area contributed by atoms with E-state index in [1.165, 1.54) is 0 Å². The molecule has 1 aromatic carbocycles. The van der Waals surface area contributed by atoms with Gasteiger partial charge in [-0.1, -0.05) is 18.2 Å². The summed E-state index contributed by atoms with van der Waals surface area (Å²) in [5, 5.41) is 1.10. The summed E-state index contributed by atoms with van der Waals surface area (Å²) in [5.41, 5.74) is 7.81. The molecule has 7 nitrogen and oxygen atoms in total. The van der Waals surface area contributed by atoms with Crippen LogP contribution in [0.3, 0.4) is 0 Å². The highest BCUT2D eigenvalue weighted by Gasteiger charge is 2.28. The number of aromatic nitrogens is 1. The third-order valence-corrected chi connectivity index (χ3v) is 5.04. The smallest absolute Gasteiger partial charge is 0.332 e. The Morgan fingerprint density at radius 1 is 1.24 bits per heavy atom. The molecule has 0 bridgehead atoms. The van der Waals surface area contributed by atoms with Crippen molar-refractivity contribution in [2.75, 3.05) is 19.7 Å². The predicted molar refractivity (Wildman–Crippen MR) is 111 cm³/mol. The van der Waals surface area contributed by atoms with Crippen molar-refractivity contribution >= 4 is 22.8 Å². The Hall–Kier alpha value is -2.38. The molecule has 2 heterocycles. The molecule has 1 saturated heterocycles. The zero-order valence-corrected chi connectivity index (χ0v) is 17.4. The van der Waals surface area contributed by atoms with Crippen LogP contribution in [0, 0.1) is 0 Å². The molecule has 29 heavy (non-hydrogen) atoms. The van der Waals surface area contributed by atoms with E-state index in [0.29, 0.717) is 32.4 Å². The Bertz CT molecular complexity index is 847. The van der Waals surface area contributed by atoms with E-state index < -0.39 is 11.6 Å². The highest BCUT2D eigenvalue weighted by atomic mass is 16.6. The SMILES string of the molecule is CC(C)(C)OC(=O)COC1CCN(C(=O)[C@@H](N)Cc2c[nH]c3ccccc23)CC1. The van der Waals surface area contributed by atoms with E-state index in [4.69, 9.17) is 15.2 Å². The lowest BCUT2D eigenvalue weighted by Gasteiger charge is -2.33. The zero-order chi connectivity index (χ0) is 21.0. The van der Waals surface area contributed by atoms with Crippen molar-refractivity contribution in [1.82, 2.24) is 9.88 Å². The second-order valence-electron chi connectivity index (χ2n) is 8.59. The molecule has 1 aliphatic heterocycles. The number of carbonyl (C=O) groups excluding carboxylic acids is 2. The van der Waals surface area contributed by atoms with Crippen LogP contribution in [-0.4, -0.2) is 59.2 Å². The minimum atomic E-state index is -0.576. The van der Waals surface area contributed by atoms with Gasteiger partial charge in [-0.2, -0.15) is 0 Å². The number of hydrogen-bond donors (Lipinski definition) is 2. The van der Waals surface area contributed by atoms with Gasteiger partial charge in [-0.25, -0.2) is 4.79 Å². The van der Waals surface area contributed by atoms with E-state index >= 15 is 0 Å². The van der Waals surface area contributed by atoms with Gasteiger partial charge in [0.25, 0.3) is 0 Å². The number of esters is 1. The number of nitrogens with zero attached hydrogens (tertiary/aromatic N) is 1. The van der Waals surface area contributed by atoms with E-state index in [2.05, 4.69) is 4.98 Å². The summed E-state index contributed by atoms with van der Waals surface area (Å²) < 4.78 is 10.9. The van der Waals surface area contributed by atoms with Crippen molar-refractivity contribution in [3.05, 3.63) is 36.0 Å². The first-order chi connectivity index (χ1) is 13.7. The van der Waals surface area contributed by atoms with Gasteiger partial charge in [-0.15, -0.1) is 0 Å². The lowest BCUT2D eigenvalue weighted by molar-refractivity contribution is -0.163. The number of ether oxygens (including phenoxy) is 2. The van der Waals surface area contributed by atoms with Gasteiger partial charge in [0.1, 0.15) is 12.2 Å². The minimum absolute atomic E-state index is 0.0409. The largest absolute Gasteiger partial charge is 0.458 e. The van der Waals surface area contributed by atoms with Crippen molar-refractivity contribution in [3.8, 4) is 0 Å². The molecule has 3 N–H and O–H groups in total. The molecular weight excluding hydrogens is 370 g/mol. The number of piperidine rings is 1. The fourth-order valence-corrected chi connectivity index (χ4v) is 3.66. The first-order valence-electron chi connectivity index (χ1n) is 10.2. The normalized spacial score (nSPS) is 16.8. The lowest BCUT2D eigenvalue weighted by Crippen LogP contribution is -2.49. The van der Waals surface area contributed by atoms with Gasteiger partial charge in [0, 0.05) is 30.2 Å². The van der Waals surface area contributed by atoms with Crippen molar-refractivity contribution in [1.29, 1.82) is 0 Å². The molecule has 1 fully saturated rings. The molecule has 0 spiro atoms. The number of nitrogens with one attached hydrogen (secondary N) is 1. The second-order valence-corrected chi connectivity index (χ2v) is 8.59. The van der Waals surface area contributed by atoms with Crippen LogP contribution in [-0.2, 0) is 25.5 Å². The van der Waals surface area contributed by atoms with Gasteiger partial charge in [-0.05, 0) is 51.7 Å². The molecule has 3 rings (SSSR count). The molecular formula is C22H31N3O4. The molecule has 0 saturated carbocycles. The molecule has 1 atom stereocenters. The predicted octanol–water partition coefficient (Wildman–Crippen LogP) is 2.39. The number of likely N-dealkylation sites (tertiary alicyclic amines) is 1. The molecule has 7 heteroatoms. The fourth-order valence-electron chi connectivity index (χ4n) is 3.66. The van der Waals surface area contributed by atoms with E-state index in [1.54, 1.807) is 4.90 Å². The number of aromatic amines is 1. The average Bonchev–Trinajstić information content (AvgIpc) is 3.08. The Labute approximate surface area is 171 Å². The maximum absolute atomic E-state index is 12.8. The molecule has 2 aromatic rings. The number of para-hydroxylation sites is 1. The quantitative estimate of drug-likeness (QED) is 0.725. The summed E-state index contributed by atoms with van der Waals surface area (Å²) in [5.74, 6) is -0.405. The number of nitrogens with two attached hydrogens (primary N) is 1. The Morgan fingerprint density at radius 2 is 1.93 bits per heavy atom. The van der Waals surface area contributed by atoms with Crippen LogP contribution in [0.25, 0.3) is 10.9 Å². The van der Waals surface area contributed by atoms with Gasteiger partial charge >= 0.3 is 5.97 Å². The molecule has 1 aromatic heterocycles. The van der Waals surface area contributed by atoms with Gasteiger partial charge in [0.2, 0.25) is 5.91 Å². The summed E-state index contributed by atoms with van der Waals surface area (Å²) in [6.07, 6.45) is 3.76. The van der Waals surface area contributed by atoms with Crippen LogP contribution in [0.15, 0.2) is 30.5 Å². The van der Waals surface area contributed by atoms with E-state index in [0.717, 1.165) is 16.5 Å². The van der Waals surface area contributed by atoms with E-state index in [-0.39, 0.29) is 24.6 Å². The molecule has 0 unspecified atom stereocenters. The third-order valence-electron chi connectivity index (χ3n) is 5.04. The van der Waals surface area contributed by atoms with Crippen molar-refractivity contribution in [2.24, 2.45) is 5.73 Å². The highest BCUT2D eigenvalue weighted by molar-refractivity contribution is 5.86. The van der Waals surface area contributed by atoms with Gasteiger partial charge in [0.15, 0.2) is 0 Å². The van der Waals surface area contributed by atoms with Crippen LogP contribution >= 0.6 is 0 Å². The first-order valence-corrected chi connectivity index (χ1v) is 10.2. The summed E-state index contributed by atoms with van der Waals surface area (Å²) in [6, 6.07) is 7.42. The average molecular weight is 402 g/mol. The number of rotatable bonds is 6. The fraction of sp³-hybridized carbons (Fsp3) is 0.545. The third kappa shape index (κ3) is 5.81. The van der Waals surface area contributed by atoms with Crippen LogP contribution in [0.2, 0.25) is 0 Å². The van der Waals surface area contributed by atoms with Crippen molar-refractivity contribution < 1.29 is 19.1 Å². The Balaban J connectivity index is 1.45. The summed E-state index contributed by atoms with van der Waals surface area (Å²) in [7, 11) is 0. The number of carbonyl (C=O) groups is 2. The summed E-state index contributed by atoms with van der Waals surface area (Å²) in [6.45, 7) is 6.59. The van der Waals surface area contributed by atoms with Crippen LogP contribution in [0.1, 0.15) is 39.2 Å². The van der Waals surface area contributed by atoms with Crippen LogP contribution in [0.4, 0.5) is 0 Å². The monoisotopic (exact) mass is 401 g/mol. The van der Waals surface area contributed by atoms with Crippen LogP contribution in [0.5, 0.6) is 0 Å². The van der Waals surface area contributed by atoms with Gasteiger partial charge in [-0.3, -0.25) is 4.79 Å². The van der Waals surface area contributed by atoms with Crippen molar-refractivity contribution in [2.45, 2.75) is 57.8 Å².